The maximum atomic E-state index is 2.51. The fourth-order valence-electron chi connectivity index (χ4n) is 10.9. The molecule has 12 aromatic rings. The molecule has 0 aliphatic rings. The fraction of sp³-hybridized carbons (Fsp3) is 0.200. The van der Waals surface area contributed by atoms with E-state index in [2.05, 4.69) is 195 Å². The van der Waals surface area contributed by atoms with Gasteiger partial charge >= 0.3 is 0 Å². The third-order valence-electron chi connectivity index (χ3n) is 13.8. The lowest BCUT2D eigenvalue weighted by Crippen LogP contribution is -2.10. The summed E-state index contributed by atoms with van der Waals surface area (Å²) in [6, 6.07) is 55.3. The van der Waals surface area contributed by atoms with Crippen LogP contribution in [0.2, 0.25) is 0 Å². The molecule has 0 heterocycles. The van der Waals surface area contributed by atoms with Crippen LogP contribution in [0.25, 0.3) is 119 Å². The topological polar surface area (TPSA) is 0 Å². The molecule has 0 aliphatic carbocycles. The van der Waals surface area contributed by atoms with Crippen LogP contribution in [0.1, 0.15) is 72.1 Å². The van der Waals surface area contributed by atoms with E-state index in [0.29, 0.717) is 5.92 Å². The van der Waals surface area contributed by atoms with Crippen molar-refractivity contribution in [3.05, 3.63) is 156 Å². The predicted octanol–water partition coefficient (Wildman–Crippen LogP) is 17.5. The largest absolute Gasteiger partial charge is 0.0625 e. The molecule has 0 N–H and O–H groups in total. The first-order valence-corrected chi connectivity index (χ1v) is 22.0. The van der Waals surface area contributed by atoms with E-state index < -0.39 is 0 Å². The van der Waals surface area contributed by atoms with Crippen LogP contribution in [0.4, 0.5) is 0 Å². The van der Waals surface area contributed by atoms with E-state index in [1.165, 1.54) is 136 Å². The van der Waals surface area contributed by atoms with Gasteiger partial charge in [0.2, 0.25) is 0 Å². The second-order valence-electron chi connectivity index (χ2n) is 20.5. The normalized spacial score (nSPS) is 13.2. The lowest BCUT2D eigenvalue weighted by Gasteiger charge is -2.23. The maximum absolute atomic E-state index is 2.51. The zero-order valence-corrected chi connectivity index (χ0v) is 36.1. The van der Waals surface area contributed by atoms with Gasteiger partial charge in [0.15, 0.2) is 0 Å². The van der Waals surface area contributed by atoms with Gasteiger partial charge in [-0.25, -0.2) is 0 Å². The quantitative estimate of drug-likeness (QED) is 0.156. The van der Waals surface area contributed by atoms with Gasteiger partial charge in [-0.15, -0.1) is 0 Å². The van der Waals surface area contributed by atoms with Crippen LogP contribution < -0.4 is 0 Å². The Kier molecular flexibility index (Phi) is 7.24. The minimum atomic E-state index is 0.0547. The van der Waals surface area contributed by atoms with Crippen molar-refractivity contribution in [3.63, 3.8) is 0 Å². The molecule has 290 valence electrons. The number of hydrogen-bond acceptors (Lipinski definition) is 0. The highest BCUT2D eigenvalue weighted by molar-refractivity contribution is 6.30. The van der Waals surface area contributed by atoms with Crippen molar-refractivity contribution in [2.75, 3.05) is 0 Å². The molecule has 0 fully saturated rings. The third kappa shape index (κ3) is 5.23. The maximum Gasteiger partial charge on any atom is -0.00143 e. The molecule has 12 aromatic carbocycles. The molecule has 0 saturated carbocycles. The van der Waals surface area contributed by atoms with Crippen molar-refractivity contribution in [1.82, 2.24) is 0 Å². The van der Waals surface area contributed by atoms with E-state index >= 15 is 0 Å². The molecule has 0 unspecified atom stereocenters. The average Bonchev–Trinajstić information content (AvgIpc) is 3.22. The van der Waals surface area contributed by atoms with Gasteiger partial charge in [0.1, 0.15) is 0 Å². The zero-order valence-electron chi connectivity index (χ0n) is 36.1. The molecule has 0 spiro atoms. The molecule has 0 aromatic heterocycles. The van der Waals surface area contributed by atoms with Crippen molar-refractivity contribution < 1.29 is 0 Å². The summed E-state index contributed by atoms with van der Waals surface area (Å²) in [7, 11) is 0. The fourth-order valence-corrected chi connectivity index (χ4v) is 10.9. The van der Waals surface area contributed by atoms with Crippen molar-refractivity contribution >= 4 is 97.0 Å². The third-order valence-corrected chi connectivity index (χ3v) is 13.8. The van der Waals surface area contributed by atoms with Gasteiger partial charge in [0, 0.05) is 0 Å². The first-order valence-electron chi connectivity index (χ1n) is 22.0. The van der Waals surface area contributed by atoms with Crippen molar-refractivity contribution in [2.24, 2.45) is 5.92 Å². The molecular formula is C60H50. The van der Waals surface area contributed by atoms with E-state index in [9.17, 15) is 0 Å². The van der Waals surface area contributed by atoms with Gasteiger partial charge in [-0.1, -0.05) is 165 Å². The molecule has 0 radical (unpaired) electrons. The molecule has 0 amide bonds. The average molecular weight is 771 g/mol. The van der Waals surface area contributed by atoms with E-state index in [0.717, 1.165) is 6.42 Å². The molecule has 0 aliphatic heterocycles. The summed E-state index contributed by atoms with van der Waals surface area (Å²) in [6.45, 7) is 18.5. The zero-order chi connectivity index (χ0) is 41.0. The van der Waals surface area contributed by atoms with Gasteiger partial charge in [0.05, 0.1) is 0 Å². The molecule has 0 saturated heterocycles. The van der Waals surface area contributed by atoms with E-state index in [-0.39, 0.29) is 10.8 Å². The highest BCUT2D eigenvalue weighted by atomic mass is 14.3. The first-order chi connectivity index (χ1) is 28.8. The number of benzene rings is 12. The summed E-state index contributed by atoms with van der Waals surface area (Å²) < 4.78 is 0. The van der Waals surface area contributed by atoms with Crippen LogP contribution in [-0.2, 0) is 17.3 Å². The molecule has 12 rings (SSSR count). The van der Waals surface area contributed by atoms with Gasteiger partial charge < -0.3 is 0 Å². The minimum absolute atomic E-state index is 0.0547. The van der Waals surface area contributed by atoms with Gasteiger partial charge in [-0.3, -0.25) is 0 Å². The Morgan fingerprint density at radius 3 is 0.933 bits per heavy atom. The van der Waals surface area contributed by atoms with Crippen LogP contribution in [0.3, 0.4) is 0 Å². The number of hydrogen-bond donors (Lipinski definition) is 0. The van der Waals surface area contributed by atoms with Crippen molar-refractivity contribution in [1.29, 1.82) is 0 Å². The summed E-state index contributed by atoms with van der Waals surface area (Å²) in [5.41, 5.74) is 9.43. The summed E-state index contributed by atoms with van der Waals surface area (Å²) in [4.78, 5) is 0. The SMILES string of the molecule is CC(C)Cc1cc2ccc3cc(-c4cc(-c5cc6ccc7cc(C(C)(C)C)cc8ccc(c5)c6c78)c5ccc6cc(C(C)(C)C)cc7ccc4c5c76)cc4ccc(c1)c2c34. The summed E-state index contributed by atoms with van der Waals surface area (Å²) in [6.07, 6.45) is 1.10. The molecule has 0 nitrogen and oxygen atoms in total. The van der Waals surface area contributed by atoms with Gasteiger partial charge in [-0.2, -0.15) is 0 Å². The van der Waals surface area contributed by atoms with Gasteiger partial charge in [0.25, 0.3) is 0 Å². The standard InChI is InChI=1S/C60H50/c1-33(2)21-34-22-35-9-11-37-24-45(25-38-12-10-36(23-34)53(35)54(37)38)51-32-52(50-20-18-44-31-48(60(6,7)8)30-43-17-19-49(51)58(50)57(43)44)46-26-39-13-15-41-28-47(59(3,4)5)29-42-16-14-40(27-46)55(39)56(41)42/h9-20,22-33H,21H2,1-8H3. The van der Waals surface area contributed by atoms with Crippen LogP contribution in [0, 0.1) is 5.92 Å². The van der Waals surface area contributed by atoms with Crippen LogP contribution in [0.15, 0.2) is 140 Å². The Morgan fingerprint density at radius 2 is 0.617 bits per heavy atom. The number of rotatable bonds is 4. The van der Waals surface area contributed by atoms with Crippen LogP contribution in [-0.4, -0.2) is 0 Å². The lowest BCUT2D eigenvalue weighted by atomic mass is 9.80. The van der Waals surface area contributed by atoms with E-state index in [1.54, 1.807) is 0 Å². The van der Waals surface area contributed by atoms with Crippen molar-refractivity contribution in [3.8, 4) is 22.3 Å². The lowest BCUT2D eigenvalue weighted by molar-refractivity contribution is 0.591. The first kappa shape index (κ1) is 35.7. The molecule has 0 atom stereocenters. The molecular weight excluding hydrogens is 721 g/mol. The van der Waals surface area contributed by atoms with Crippen LogP contribution in [0.5, 0.6) is 0 Å². The van der Waals surface area contributed by atoms with Crippen molar-refractivity contribution in [2.45, 2.75) is 72.6 Å². The summed E-state index contributed by atoms with van der Waals surface area (Å²) in [5.74, 6) is 0.626. The smallest absolute Gasteiger partial charge is 0.00143 e. The Labute approximate surface area is 352 Å². The summed E-state index contributed by atoms with van der Waals surface area (Å²) in [5, 5.41) is 24.0. The minimum Gasteiger partial charge on any atom is -0.0625 e. The second-order valence-corrected chi connectivity index (χ2v) is 20.5. The predicted molar refractivity (Wildman–Crippen MR) is 264 cm³/mol. The monoisotopic (exact) mass is 770 g/mol. The molecule has 60 heavy (non-hydrogen) atoms. The highest BCUT2D eigenvalue weighted by Crippen LogP contribution is 2.48. The van der Waals surface area contributed by atoms with E-state index in [4.69, 9.17) is 0 Å². The Hall–Kier alpha value is -6.24. The second kappa shape index (κ2) is 12.2. The van der Waals surface area contributed by atoms with E-state index in [1.807, 2.05) is 0 Å². The Morgan fingerprint density at radius 1 is 0.333 bits per heavy atom. The Balaban J connectivity index is 1.14. The highest BCUT2D eigenvalue weighted by Gasteiger charge is 2.23. The Bertz CT molecular complexity index is 3560. The molecule has 0 bridgehead atoms. The van der Waals surface area contributed by atoms with Crippen LogP contribution >= 0.6 is 0 Å². The summed E-state index contributed by atoms with van der Waals surface area (Å²) >= 11 is 0. The van der Waals surface area contributed by atoms with Gasteiger partial charge in [-0.05, 0) is 189 Å². The molecule has 0 heteroatoms.